The Balaban J connectivity index is 1.34. The molecule has 1 aliphatic heterocycles. The predicted molar refractivity (Wildman–Crippen MR) is 116 cm³/mol. The van der Waals surface area contributed by atoms with Crippen molar-refractivity contribution in [3.63, 3.8) is 0 Å². The van der Waals surface area contributed by atoms with Gasteiger partial charge in [0, 0.05) is 25.0 Å². The molecule has 0 bridgehead atoms. The highest BCUT2D eigenvalue weighted by molar-refractivity contribution is 7.89. The van der Waals surface area contributed by atoms with E-state index in [2.05, 4.69) is 4.72 Å². The fraction of sp³-hybridized carbons (Fsp3) is 0.348. The first-order valence-electron chi connectivity index (χ1n) is 10.2. The first-order chi connectivity index (χ1) is 14.3. The van der Waals surface area contributed by atoms with Gasteiger partial charge in [0.25, 0.3) is 5.91 Å². The van der Waals surface area contributed by atoms with Gasteiger partial charge in [-0.15, -0.1) is 0 Å². The van der Waals surface area contributed by atoms with E-state index in [1.165, 1.54) is 0 Å². The zero-order valence-electron chi connectivity index (χ0n) is 17.2. The quantitative estimate of drug-likeness (QED) is 0.671. The summed E-state index contributed by atoms with van der Waals surface area (Å²) in [5.74, 6) is 0.440. The van der Waals surface area contributed by atoms with Crippen LogP contribution in [-0.2, 0) is 10.0 Å². The number of sulfonamides is 1. The summed E-state index contributed by atoms with van der Waals surface area (Å²) in [4.78, 5) is 14.9. The Bertz CT molecular complexity index is 1140. The highest BCUT2D eigenvalue weighted by Crippen LogP contribution is 2.24. The van der Waals surface area contributed by atoms with Gasteiger partial charge < -0.3 is 9.32 Å². The van der Waals surface area contributed by atoms with Gasteiger partial charge in [-0.3, -0.25) is 4.79 Å². The monoisotopic (exact) mass is 426 g/mol. The molecule has 0 aliphatic carbocycles. The van der Waals surface area contributed by atoms with E-state index < -0.39 is 10.0 Å². The van der Waals surface area contributed by atoms with E-state index in [0.29, 0.717) is 35.9 Å². The lowest BCUT2D eigenvalue weighted by Gasteiger charge is -2.31. The zero-order chi connectivity index (χ0) is 21.3. The van der Waals surface area contributed by atoms with Crippen LogP contribution in [0.1, 0.15) is 34.5 Å². The minimum absolute atomic E-state index is 0.111. The number of rotatable bonds is 5. The maximum Gasteiger partial charge on any atom is 0.289 e. The van der Waals surface area contributed by atoms with Gasteiger partial charge in [-0.2, -0.15) is 0 Å². The summed E-state index contributed by atoms with van der Waals surface area (Å²) in [6, 6.07) is 14.8. The average molecular weight is 427 g/mol. The Morgan fingerprint density at radius 2 is 1.83 bits per heavy atom. The van der Waals surface area contributed by atoms with Crippen molar-refractivity contribution >= 4 is 26.9 Å². The minimum Gasteiger partial charge on any atom is -0.451 e. The summed E-state index contributed by atoms with van der Waals surface area (Å²) in [6.45, 7) is 5.24. The van der Waals surface area contributed by atoms with Crippen LogP contribution in [-0.4, -0.2) is 38.9 Å². The molecule has 0 saturated carbocycles. The molecule has 0 spiro atoms. The van der Waals surface area contributed by atoms with Crippen molar-refractivity contribution in [3.05, 3.63) is 65.4 Å². The van der Waals surface area contributed by atoms with Gasteiger partial charge in [0.15, 0.2) is 5.76 Å². The summed E-state index contributed by atoms with van der Waals surface area (Å²) >= 11 is 0. The topological polar surface area (TPSA) is 79.6 Å². The fourth-order valence-electron chi connectivity index (χ4n) is 3.89. The summed E-state index contributed by atoms with van der Waals surface area (Å²) in [5.41, 5.74) is 2.36. The second-order valence-electron chi connectivity index (χ2n) is 8.00. The number of likely N-dealkylation sites (tertiary alicyclic amines) is 1. The highest BCUT2D eigenvalue weighted by Gasteiger charge is 2.27. The molecule has 1 N–H and O–H groups in total. The van der Waals surface area contributed by atoms with Crippen molar-refractivity contribution < 1.29 is 17.6 Å². The second-order valence-corrected chi connectivity index (χ2v) is 9.74. The molecule has 30 heavy (non-hydrogen) atoms. The van der Waals surface area contributed by atoms with Crippen LogP contribution in [0.15, 0.2) is 57.8 Å². The van der Waals surface area contributed by atoms with Crippen molar-refractivity contribution in [1.29, 1.82) is 0 Å². The van der Waals surface area contributed by atoms with Gasteiger partial charge in [0.05, 0.1) is 4.90 Å². The van der Waals surface area contributed by atoms with Crippen molar-refractivity contribution in [2.75, 3.05) is 19.6 Å². The Morgan fingerprint density at radius 3 is 2.57 bits per heavy atom. The molecule has 2 heterocycles. The van der Waals surface area contributed by atoms with E-state index in [4.69, 9.17) is 4.42 Å². The van der Waals surface area contributed by atoms with E-state index in [-0.39, 0.29) is 11.8 Å². The molecule has 4 rings (SSSR count). The molecule has 1 saturated heterocycles. The summed E-state index contributed by atoms with van der Waals surface area (Å²) in [6.07, 6.45) is 1.50. The SMILES string of the molecule is Cc1ccc(C)c(S(=O)(=O)NCC2CCN(C(=O)c3cc4ccccc4o3)CC2)c1. The molecule has 158 valence electrons. The third kappa shape index (κ3) is 4.27. The zero-order valence-corrected chi connectivity index (χ0v) is 18.0. The van der Waals surface area contributed by atoms with Gasteiger partial charge in [-0.05, 0) is 61.9 Å². The van der Waals surface area contributed by atoms with Crippen molar-refractivity contribution in [2.24, 2.45) is 5.92 Å². The molecule has 6 nitrogen and oxygen atoms in total. The van der Waals surface area contributed by atoms with Crippen LogP contribution >= 0.6 is 0 Å². The minimum atomic E-state index is -3.55. The van der Waals surface area contributed by atoms with Crippen LogP contribution in [0.3, 0.4) is 0 Å². The maximum atomic E-state index is 12.8. The number of aryl methyl sites for hydroxylation is 2. The number of amides is 1. The highest BCUT2D eigenvalue weighted by atomic mass is 32.2. The largest absolute Gasteiger partial charge is 0.451 e. The Kier molecular flexibility index (Phi) is 5.66. The summed E-state index contributed by atoms with van der Waals surface area (Å²) < 4.78 is 33.9. The third-order valence-corrected chi connectivity index (χ3v) is 7.30. The van der Waals surface area contributed by atoms with Gasteiger partial charge in [0.2, 0.25) is 10.0 Å². The number of hydrogen-bond donors (Lipinski definition) is 1. The normalized spacial score (nSPS) is 15.6. The van der Waals surface area contributed by atoms with Gasteiger partial charge in [-0.25, -0.2) is 13.1 Å². The Morgan fingerprint density at radius 1 is 1.10 bits per heavy atom. The van der Waals surface area contributed by atoms with E-state index in [1.54, 1.807) is 24.0 Å². The molecule has 1 aromatic heterocycles. The van der Waals surface area contributed by atoms with Crippen LogP contribution in [0.25, 0.3) is 11.0 Å². The molecule has 0 unspecified atom stereocenters. The molecule has 3 aromatic rings. The molecule has 0 radical (unpaired) electrons. The first kappa shape index (κ1) is 20.6. The molecule has 0 atom stereocenters. The smallest absolute Gasteiger partial charge is 0.289 e. The lowest BCUT2D eigenvalue weighted by Crippen LogP contribution is -2.41. The van der Waals surface area contributed by atoms with Gasteiger partial charge in [0.1, 0.15) is 5.58 Å². The van der Waals surface area contributed by atoms with Gasteiger partial charge >= 0.3 is 0 Å². The molecule has 2 aromatic carbocycles. The molecular weight excluding hydrogens is 400 g/mol. The van der Waals surface area contributed by atoms with E-state index in [9.17, 15) is 13.2 Å². The molecule has 1 amide bonds. The van der Waals surface area contributed by atoms with Crippen molar-refractivity contribution in [2.45, 2.75) is 31.6 Å². The summed E-state index contributed by atoms with van der Waals surface area (Å²) in [5, 5.41) is 0.914. The number of carbonyl (C=O) groups excluding carboxylic acids is 1. The van der Waals surface area contributed by atoms with Crippen molar-refractivity contribution in [1.82, 2.24) is 9.62 Å². The number of fused-ring (bicyclic) bond motifs is 1. The van der Waals surface area contributed by atoms with Crippen molar-refractivity contribution in [3.8, 4) is 0 Å². The van der Waals surface area contributed by atoms with Crippen LogP contribution in [0.2, 0.25) is 0 Å². The number of nitrogens with zero attached hydrogens (tertiary/aromatic N) is 1. The lowest BCUT2D eigenvalue weighted by molar-refractivity contribution is 0.0662. The predicted octanol–water partition coefficient (Wildman–Crippen LogP) is 3.88. The molecule has 1 aliphatic rings. The number of para-hydroxylation sites is 1. The number of hydrogen-bond acceptors (Lipinski definition) is 4. The van der Waals surface area contributed by atoms with Crippen LogP contribution in [0.5, 0.6) is 0 Å². The Hall–Kier alpha value is -2.64. The number of piperidine rings is 1. The van der Waals surface area contributed by atoms with E-state index in [1.807, 2.05) is 43.3 Å². The fourth-order valence-corrected chi connectivity index (χ4v) is 5.33. The summed E-state index contributed by atoms with van der Waals surface area (Å²) in [7, 11) is -3.55. The molecular formula is C23H26N2O4S. The maximum absolute atomic E-state index is 12.8. The second kappa shape index (κ2) is 8.24. The molecule has 1 fully saturated rings. The third-order valence-electron chi connectivity index (χ3n) is 5.73. The van der Waals surface area contributed by atoms with Crippen LogP contribution in [0, 0.1) is 19.8 Å². The van der Waals surface area contributed by atoms with E-state index >= 15 is 0 Å². The first-order valence-corrected chi connectivity index (χ1v) is 11.7. The number of nitrogens with one attached hydrogen (secondary N) is 1. The van der Waals surface area contributed by atoms with E-state index in [0.717, 1.165) is 29.4 Å². The van der Waals surface area contributed by atoms with Crippen LogP contribution < -0.4 is 4.72 Å². The molecule has 7 heteroatoms. The lowest BCUT2D eigenvalue weighted by atomic mass is 9.97. The average Bonchev–Trinajstić information content (AvgIpc) is 3.18. The number of benzene rings is 2. The standard InChI is InChI=1S/C23H26N2O4S/c1-16-7-8-17(2)22(13-16)30(27,28)24-15-18-9-11-25(12-10-18)23(26)21-14-19-5-3-4-6-20(19)29-21/h3-8,13-14,18,24H,9-12,15H2,1-2H3. The Labute approximate surface area is 176 Å². The van der Waals surface area contributed by atoms with Gasteiger partial charge in [-0.1, -0.05) is 30.3 Å². The number of carbonyl (C=O) groups is 1. The van der Waals surface area contributed by atoms with Crippen LogP contribution in [0.4, 0.5) is 0 Å². The number of furan rings is 1.